The molecule has 0 radical (unpaired) electrons. The van der Waals surface area contributed by atoms with Crippen LogP contribution in [0.4, 0.5) is 4.39 Å². The van der Waals surface area contributed by atoms with Gasteiger partial charge in [-0.1, -0.05) is 0 Å². The first kappa shape index (κ1) is 6.36. The fourth-order valence-electron chi connectivity index (χ4n) is 0.773. The summed E-state index contributed by atoms with van der Waals surface area (Å²) in [5.74, 6) is 0. The van der Waals surface area contributed by atoms with E-state index in [0.29, 0.717) is 6.42 Å². The van der Waals surface area contributed by atoms with E-state index in [2.05, 4.69) is 12.6 Å². The van der Waals surface area contributed by atoms with Gasteiger partial charge in [0.05, 0.1) is 6.10 Å². The van der Waals surface area contributed by atoms with Crippen molar-refractivity contribution in [3.05, 3.63) is 0 Å². The molecule has 0 aromatic rings. The third kappa shape index (κ3) is 1.14. The zero-order valence-electron chi connectivity index (χ0n) is 4.67. The van der Waals surface area contributed by atoms with Crippen LogP contribution in [0.5, 0.6) is 0 Å². The van der Waals surface area contributed by atoms with Gasteiger partial charge < -0.3 is 4.74 Å². The summed E-state index contributed by atoms with van der Waals surface area (Å²) < 4.78 is 17.4. The predicted molar refractivity (Wildman–Crippen MR) is 32.8 cm³/mol. The van der Waals surface area contributed by atoms with Gasteiger partial charge in [-0.2, -0.15) is 0 Å². The van der Waals surface area contributed by atoms with Crippen LogP contribution in [0.25, 0.3) is 0 Å². The lowest BCUT2D eigenvalue weighted by atomic mass is 10.2. The van der Waals surface area contributed by atoms with Gasteiger partial charge in [0.1, 0.15) is 11.6 Å². The van der Waals surface area contributed by atoms with Crippen molar-refractivity contribution in [2.75, 3.05) is 0 Å². The maximum Gasteiger partial charge on any atom is 0.129 e. The number of rotatable bonds is 0. The first-order chi connectivity index (χ1) is 3.70. The molecule has 1 nitrogen and oxygen atoms in total. The van der Waals surface area contributed by atoms with Crippen molar-refractivity contribution in [2.45, 2.75) is 31.1 Å². The highest BCUT2D eigenvalue weighted by molar-refractivity contribution is 7.80. The van der Waals surface area contributed by atoms with Crippen molar-refractivity contribution in [3.63, 3.8) is 0 Å². The van der Waals surface area contributed by atoms with Gasteiger partial charge in [-0.05, 0) is 6.92 Å². The molecule has 1 aliphatic heterocycles. The summed E-state index contributed by atoms with van der Waals surface area (Å²) >= 11 is 3.95. The van der Waals surface area contributed by atoms with E-state index in [0.717, 1.165) is 0 Å². The minimum absolute atomic E-state index is 0.181. The molecule has 0 spiro atoms. The van der Waals surface area contributed by atoms with Gasteiger partial charge >= 0.3 is 0 Å². The summed E-state index contributed by atoms with van der Waals surface area (Å²) in [4.78, 5) is 0. The van der Waals surface area contributed by atoms with Crippen LogP contribution >= 0.6 is 12.6 Å². The Labute approximate surface area is 53.6 Å². The molecule has 0 amide bonds. The van der Waals surface area contributed by atoms with E-state index in [1.165, 1.54) is 0 Å². The lowest BCUT2D eigenvalue weighted by Crippen LogP contribution is -2.10. The van der Waals surface area contributed by atoms with Crippen molar-refractivity contribution < 1.29 is 9.13 Å². The molecular formula is C5H9FOS. The monoisotopic (exact) mass is 136 g/mol. The van der Waals surface area contributed by atoms with Crippen molar-refractivity contribution in [1.82, 2.24) is 0 Å². The lowest BCUT2D eigenvalue weighted by Gasteiger charge is -2.02. The van der Waals surface area contributed by atoms with E-state index < -0.39 is 6.17 Å². The summed E-state index contributed by atoms with van der Waals surface area (Å²) in [6.07, 6.45) is -0.625. The van der Waals surface area contributed by atoms with Gasteiger partial charge in [0.15, 0.2) is 0 Å². The van der Waals surface area contributed by atoms with E-state index in [-0.39, 0.29) is 11.5 Å². The van der Waals surface area contributed by atoms with Gasteiger partial charge in [0.2, 0.25) is 0 Å². The summed E-state index contributed by atoms with van der Waals surface area (Å²) in [6, 6.07) is 0. The van der Waals surface area contributed by atoms with Crippen molar-refractivity contribution in [2.24, 2.45) is 0 Å². The van der Waals surface area contributed by atoms with Crippen molar-refractivity contribution >= 4 is 12.6 Å². The maximum absolute atomic E-state index is 12.4. The van der Waals surface area contributed by atoms with Crippen LogP contribution in [0.2, 0.25) is 0 Å². The number of alkyl halides is 1. The molecule has 0 aromatic carbocycles. The predicted octanol–water partition coefficient (Wildman–Crippen LogP) is 1.39. The second kappa shape index (κ2) is 2.23. The number of ether oxygens (including phenoxy) is 1. The topological polar surface area (TPSA) is 9.23 Å². The van der Waals surface area contributed by atoms with Crippen LogP contribution in [0.1, 0.15) is 13.3 Å². The van der Waals surface area contributed by atoms with E-state index in [1.54, 1.807) is 6.92 Å². The Morgan fingerprint density at radius 1 is 1.75 bits per heavy atom. The SMILES string of the molecule is CC1OC(S)CC1F. The largest absolute Gasteiger partial charge is 0.362 e. The smallest absolute Gasteiger partial charge is 0.129 e. The third-order valence-electron chi connectivity index (χ3n) is 1.31. The molecule has 1 fully saturated rings. The maximum atomic E-state index is 12.4. The minimum atomic E-state index is -0.808. The molecule has 0 bridgehead atoms. The zero-order chi connectivity index (χ0) is 6.15. The van der Waals surface area contributed by atoms with E-state index in [9.17, 15) is 4.39 Å². The van der Waals surface area contributed by atoms with Crippen molar-refractivity contribution in [3.8, 4) is 0 Å². The highest BCUT2D eigenvalue weighted by Crippen LogP contribution is 2.24. The molecule has 3 heteroatoms. The molecule has 0 aromatic heterocycles. The van der Waals surface area contributed by atoms with E-state index in [4.69, 9.17) is 4.74 Å². The molecule has 3 atom stereocenters. The number of thiol groups is 1. The Morgan fingerprint density at radius 3 is 2.50 bits per heavy atom. The second-order valence-corrected chi connectivity index (χ2v) is 2.62. The van der Waals surface area contributed by atoms with Crippen LogP contribution in [0.3, 0.4) is 0 Å². The standard InChI is InChI=1S/C5H9FOS/c1-3-4(6)2-5(8)7-3/h3-5,8H,2H2,1H3. The quantitative estimate of drug-likeness (QED) is 0.495. The Hall–Kier alpha value is 0.240. The first-order valence-corrected chi connectivity index (χ1v) is 3.19. The fraction of sp³-hybridized carbons (Fsp3) is 1.00. The van der Waals surface area contributed by atoms with E-state index >= 15 is 0 Å². The molecule has 1 rings (SSSR count). The van der Waals surface area contributed by atoms with Gasteiger partial charge in [0, 0.05) is 6.42 Å². The fourth-order valence-corrected chi connectivity index (χ4v) is 1.17. The summed E-state index contributed by atoms with van der Waals surface area (Å²) in [5, 5.41) is 0. The third-order valence-corrected chi connectivity index (χ3v) is 1.64. The molecule has 3 unspecified atom stereocenters. The Morgan fingerprint density at radius 2 is 2.38 bits per heavy atom. The average molecular weight is 136 g/mol. The molecule has 1 heterocycles. The van der Waals surface area contributed by atoms with Gasteiger partial charge in [-0.15, -0.1) is 12.6 Å². The molecule has 0 N–H and O–H groups in total. The summed E-state index contributed by atoms with van der Waals surface area (Å²) in [5.41, 5.74) is -0.181. The van der Waals surface area contributed by atoms with Gasteiger partial charge in [-0.3, -0.25) is 0 Å². The lowest BCUT2D eigenvalue weighted by molar-refractivity contribution is 0.0796. The summed E-state index contributed by atoms with van der Waals surface area (Å²) in [7, 11) is 0. The molecular weight excluding hydrogens is 127 g/mol. The molecule has 0 aliphatic carbocycles. The van der Waals surface area contributed by atoms with E-state index in [1.807, 2.05) is 0 Å². The van der Waals surface area contributed by atoms with Crippen LogP contribution in [-0.2, 0) is 4.74 Å². The van der Waals surface area contributed by atoms with Crippen molar-refractivity contribution in [1.29, 1.82) is 0 Å². The average Bonchev–Trinajstić information content (AvgIpc) is 1.85. The minimum Gasteiger partial charge on any atom is -0.362 e. The Bertz CT molecular complexity index is 78.5. The molecule has 1 aliphatic rings. The molecule has 0 saturated carbocycles. The summed E-state index contributed by atoms with van der Waals surface area (Å²) in [6.45, 7) is 1.72. The highest BCUT2D eigenvalue weighted by atomic mass is 32.1. The van der Waals surface area contributed by atoms with Crippen LogP contribution in [0.15, 0.2) is 0 Å². The number of halogens is 1. The van der Waals surface area contributed by atoms with Gasteiger partial charge in [0.25, 0.3) is 0 Å². The Balaban J connectivity index is 2.39. The number of hydrogen-bond acceptors (Lipinski definition) is 2. The van der Waals surface area contributed by atoms with Crippen LogP contribution in [0, 0.1) is 0 Å². The van der Waals surface area contributed by atoms with Crippen LogP contribution < -0.4 is 0 Å². The molecule has 8 heavy (non-hydrogen) atoms. The molecule has 48 valence electrons. The Kier molecular flexibility index (Phi) is 1.77. The van der Waals surface area contributed by atoms with Crippen LogP contribution in [-0.4, -0.2) is 17.7 Å². The normalized spacial score (nSPS) is 47.6. The number of hydrogen-bond donors (Lipinski definition) is 1. The first-order valence-electron chi connectivity index (χ1n) is 2.68. The zero-order valence-corrected chi connectivity index (χ0v) is 5.57. The molecule has 1 saturated heterocycles. The second-order valence-electron chi connectivity index (χ2n) is 2.05. The highest BCUT2D eigenvalue weighted by Gasteiger charge is 2.29. The van der Waals surface area contributed by atoms with Gasteiger partial charge in [-0.25, -0.2) is 4.39 Å².